The Balaban J connectivity index is 2.78. The largest absolute Gasteiger partial charge is 0.754 e. The van der Waals surface area contributed by atoms with Crippen molar-refractivity contribution in [2.24, 2.45) is 0 Å². The third-order valence-corrected chi connectivity index (χ3v) is 1.42. The molecule has 0 bridgehead atoms. The number of hydrogen-bond acceptors (Lipinski definition) is 4. The summed E-state index contributed by atoms with van der Waals surface area (Å²) in [7, 11) is 0. The Bertz CT molecular complexity index is 264. The number of nitrogen functional groups attached to an aromatic ring is 1. The van der Waals surface area contributed by atoms with Gasteiger partial charge >= 0.3 is 5.95 Å². The van der Waals surface area contributed by atoms with Crippen molar-refractivity contribution < 1.29 is 4.73 Å². The second kappa shape index (κ2) is 3.75. The zero-order chi connectivity index (χ0) is 8.97. The molecule has 5 nitrogen and oxygen atoms in total. The topological polar surface area (TPSA) is 77.9 Å². The van der Waals surface area contributed by atoms with Crippen LogP contribution >= 0.6 is 0 Å². The van der Waals surface area contributed by atoms with E-state index in [0.717, 1.165) is 13.0 Å². The molecule has 0 aliphatic rings. The summed E-state index contributed by atoms with van der Waals surface area (Å²) in [6, 6.07) is 1.60. The zero-order valence-corrected chi connectivity index (χ0v) is 6.95. The fourth-order valence-corrected chi connectivity index (χ4v) is 0.812. The maximum atomic E-state index is 11.1. The smallest absolute Gasteiger partial charge is 0.343 e. The van der Waals surface area contributed by atoms with E-state index in [-0.39, 0.29) is 5.95 Å². The molecule has 1 aromatic rings. The number of aromatic nitrogens is 2. The fourth-order valence-electron chi connectivity index (χ4n) is 0.812. The number of nitrogens with two attached hydrogens (primary N) is 1. The summed E-state index contributed by atoms with van der Waals surface area (Å²) >= 11 is 0. The Kier molecular flexibility index (Phi) is 2.68. The van der Waals surface area contributed by atoms with Gasteiger partial charge in [-0.05, 0) is 6.42 Å². The van der Waals surface area contributed by atoms with Crippen LogP contribution in [0.1, 0.15) is 13.3 Å². The van der Waals surface area contributed by atoms with Gasteiger partial charge in [-0.1, -0.05) is 6.92 Å². The molecule has 0 amide bonds. The molecule has 66 valence electrons. The van der Waals surface area contributed by atoms with Gasteiger partial charge in [0.1, 0.15) is 0 Å². The first-order chi connectivity index (χ1) is 5.75. The third-order valence-electron chi connectivity index (χ3n) is 1.42. The van der Waals surface area contributed by atoms with Crippen molar-refractivity contribution in [3.8, 4) is 0 Å². The van der Waals surface area contributed by atoms with E-state index >= 15 is 0 Å². The number of nitrogens with one attached hydrogen (secondary N) is 1. The summed E-state index contributed by atoms with van der Waals surface area (Å²) in [4.78, 5) is 3.64. The Morgan fingerprint density at radius 2 is 2.50 bits per heavy atom. The molecule has 1 heterocycles. The lowest BCUT2D eigenvalue weighted by molar-refractivity contribution is -0.577. The molecule has 5 heteroatoms. The normalized spacial score (nSPS) is 9.75. The molecular formula is C7H12N4O. The molecule has 0 saturated carbocycles. The molecule has 3 N–H and O–H groups in total. The standard InChI is InChI=1S/C7H12N4O/c1-2-4-9-6-3-5-10-7(8)11(6)12/h3,5,9H,2,4H2,1H3,(H2,8,10). The lowest BCUT2D eigenvalue weighted by atomic mass is 10.4. The molecule has 12 heavy (non-hydrogen) atoms. The average molecular weight is 168 g/mol. The highest BCUT2D eigenvalue weighted by molar-refractivity contribution is 5.29. The van der Waals surface area contributed by atoms with Gasteiger partial charge in [-0.15, -0.1) is 4.98 Å². The Hall–Kier alpha value is -1.52. The minimum Gasteiger partial charge on any atom is -0.754 e. The fraction of sp³-hybridized carbons (Fsp3) is 0.429. The lowest BCUT2D eigenvalue weighted by Gasteiger charge is -2.11. The van der Waals surface area contributed by atoms with Crippen molar-refractivity contribution in [1.82, 2.24) is 4.98 Å². The minimum atomic E-state index is -0.0314. The summed E-state index contributed by atoms with van der Waals surface area (Å²) in [6.07, 6.45) is 2.46. The lowest BCUT2D eigenvalue weighted by Crippen LogP contribution is -2.35. The molecule has 0 aromatic carbocycles. The van der Waals surface area contributed by atoms with Crippen molar-refractivity contribution in [3.63, 3.8) is 0 Å². The van der Waals surface area contributed by atoms with Crippen LogP contribution in [-0.4, -0.2) is 11.5 Å². The minimum absolute atomic E-state index is 0.0314. The van der Waals surface area contributed by atoms with Gasteiger partial charge in [0.2, 0.25) is 0 Å². The van der Waals surface area contributed by atoms with Crippen molar-refractivity contribution in [1.29, 1.82) is 0 Å². The molecule has 1 rings (SSSR count). The van der Waals surface area contributed by atoms with Crippen LogP contribution in [0.15, 0.2) is 12.3 Å². The van der Waals surface area contributed by atoms with Crippen LogP contribution in [0.5, 0.6) is 0 Å². The van der Waals surface area contributed by atoms with Crippen LogP contribution in [0.2, 0.25) is 0 Å². The van der Waals surface area contributed by atoms with Gasteiger partial charge in [0.25, 0.3) is 0 Å². The van der Waals surface area contributed by atoms with Crippen molar-refractivity contribution in [2.45, 2.75) is 13.3 Å². The molecule has 0 saturated heterocycles. The Labute approximate surface area is 70.8 Å². The van der Waals surface area contributed by atoms with E-state index in [1.54, 1.807) is 6.07 Å². The third kappa shape index (κ3) is 1.75. The van der Waals surface area contributed by atoms with E-state index < -0.39 is 0 Å². The Morgan fingerprint density at radius 3 is 3.17 bits per heavy atom. The molecule has 0 aliphatic carbocycles. The first-order valence-electron chi connectivity index (χ1n) is 3.83. The molecule has 0 radical (unpaired) electrons. The van der Waals surface area contributed by atoms with Crippen molar-refractivity contribution in [3.05, 3.63) is 17.5 Å². The molecule has 1 aromatic heterocycles. The van der Waals surface area contributed by atoms with E-state index in [0.29, 0.717) is 10.5 Å². The van der Waals surface area contributed by atoms with Gasteiger partial charge in [0.15, 0.2) is 5.82 Å². The van der Waals surface area contributed by atoms with Gasteiger partial charge in [0, 0.05) is 12.6 Å². The quantitative estimate of drug-likeness (QED) is 0.496. The van der Waals surface area contributed by atoms with Crippen LogP contribution in [-0.2, 0) is 0 Å². The summed E-state index contributed by atoms with van der Waals surface area (Å²) in [6.45, 7) is 2.78. The van der Waals surface area contributed by atoms with Crippen LogP contribution in [0.4, 0.5) is 11.8 Å². The van der Waals surface area contributed by atoms with Crippen molar-refractivity contribution >= 4 is 11.8 Å². The van der Waals surface area contributed by atoms with E-state index in [1.807, 2.05) is 6.92 Å². The number of hydrogen-bond donors (Lipinski definition) is 2. The molecular weight excluding hydrogens is 156 g/mol. The molecule has 0 spiro atoms. The Morgan fingerprint density at radius 1 is 1.75 bits per heavy atom. The summed E-state index contributed by atoms with van der Waals surface area (Å²) in [5.41, 5.74) is 5.29. The first kappa shape index (κ1) is 8.58. The maximum Gasteiger partial charge on any atom is 0.343 e. The highest BCUT2D eigenvalue weighted by atomic mass is 16.5. The van der Waals surface area contributed by atoms with Gasteiger partial charge in [0.05, 0.1) is 6.20 Å². The van der Waals surface area contributed by atoms with E-state index in [9.17, 15) is 5.21 Å². The SMILES string of the molecule is CCCNc1ccnc(N)[n+]1[O-]. The van der Waals surface area contributed by atoms with E-state index in [1.165, 1.54) is 6.20 Å². The zero-order valence-electron chi connectivity index (χ0n) is 6.95. The summed E-state index contributed by atoms with van der Waals surface area (Å²) in [5.74, 6) is 0.417. The van der Waals surface area contributed by atoms with Crippen LogP contribution in [0, 0.1) is 5.21 Å². The monoisotopic (exact) mass is 168 g/mol. The predicted molar refractivity (Wildman–Crippen MR) is 46.4 cm³/mol. The maximum absolute atomic E-state index is 11.1. The summed E-state index contributed by atoms with van der Waals surface area (Å²) in [5, 5.41) is 14.1. The number of nitrogens with zero attached hydrogens (tertiary/aromatic N) is 2. The number of rotatable bonds is 3. The highest BCUT2D eigenvalue weighted by Crippen LogP contribution is 1.98. The highest BCUT2D eigenvalue weighted by Gasteiger charge is 2.01. The van der Waals surface area contributed by atoms with Crippen molar-refractivity contribution in [2.75, 3.05) is 17.6 Å². The van der Waals surface area contributed by atoms with Gasteiger partial charge < -0.3 is 16.3 Å². The molecule has 0 fully saturated rings. The first-order valence-corrected chi connectivity index (χ1v) is 3.83. The van der Waals surface area contributed by atoms with Crippen LogP contribution in [0.3, 0.4) is 0 Å². The number of anilines is 2. The van der Waals surface area contributed by atoms with Crippen LogP contribution < -0.4 is 15.8 Å². The van der Waals surface area contributed by atoms with E-state index in [2.05, 4.69) is 10.3 Å². The average Bonchev–Trinajstić information content (AvgIpc) is 2.08. The second-order valence-corrected chi connectivity index (χ2v) is 2.41. The molecule has 0 atom stereocenters. The molecule has 0 aliphatic heterocycles. The predicted octanol–water partition coefficient (Wildman–Crippen LogP) is 0.119. The van der Waals surface area contributed by atoms with Gasteiger partial charge in [-0.2, -0.15) is 0 Å². The summed E-state index contributed by atoms with van der Waals surface area (Å²) < 4.78 is 0.579. The molecule has 0 unspecified atom stereocenters. The van der Waals surface area contributed by atoms with E-state index in [4.69, 9.17) is 5.73 Å². The van der Waals surface area contributed by atoms with Crippen LogP contribution in [0.25, 0.3) is 0 Å². The second-order valence-electron chi connectivity index (χ2n) is 2.41. The van der Waals surface area contributed by atoms with Gasteiger partial charge in [-0.25, -0.2) is 4.73 Å². The van der Waals surface area contributed by atoms with Gasteiger partial charge in [-0.3, -0.25) is 0 Å².